The minimum atomic E-state index is -0.0268. The van der Waals surface area contributed by atoms with Gasteiger partial charge in [0.1, 0.15) is 0 Å². The molecule has 0 saturated heterocycles. The summed E-state index contributed by atoms with van der Waals surface area (Å²) in [6, 6.07) is 77.9. The number of hydrogen-bond acceptors (Lipinski definition) is 2. The summed E-state index contributed by atoms with van der Waals surface area (Å²) >= 11 is 0. The topological polar surface area (TPSA) is 11.4 Å². The van der Waals surface area contributed by atoms with Crippen molar-refractivity contribution >= 4 is 55.9 Å². The van der Waals surface area contributed by atoms with Crippen molar-refractivity contribution in [1.82, 2.24) is 4.57 Å². The Labute approximate surface area is 396 Å². The highest BCUT2D eigenvalue weighted by atomic mass is 15.2. The van der Waals surface area contributed by atoms with Gasteiger partial charge in [0, 0.05) is 50.3 Å². The number of anilines is 6. The number of nitrogens with zero attached hydrogens (tertiary/aromatic N) is 3. The summed E-state index contributed by atoms with van der Waals surface area (Å²) in [7, 11) is 0. The van der Waals surface area contributed by atoms with Crippen LogP contribution in [0.4, 0.5) is 34.1 Å². The number of para-hydroxylation sites is 5. The molecule has 0 unspecified atom stereocenters. The lowest BCUT2D eigenvalue weighted by Gasteiger charge is -2.62. The molecule has 0 spiro atoms. The van der Waals surface area contributed by atoms with E-state index in [9.17, 15) is 0 Å². The molecule has 0 radical (unpaired) electrons. The lowest BCUT2D eigenvalue weighted by Crippen LogP contribution is -2.56. The van der Waals surface area contributed by atoms with Crippen molar-refractivity contribution in [2.75, 3.05) is 9.80 Å². The predicted octanol–water partition coefficient (Wildman–Crippen LogP) is 17.5. The van der Waals surface area contributed by atoms with Gasteiger partial charge in [0.05, 0.1) is 16.7 Å². The molecule has 330 valence electrons. The Morgan fingerprint density at radius 1 is 0.388 bits per heavy atom. The lowest BCUT2D eigenvalue weighted by atomic mass is 9.42. The largest absolute Gasteiger partial charge is 0.311 e. The van der Waals surface area contributed by atoms with Crippen LogP contribution in [0.3, 0.4) is 0 Å². The van der Waals surface area contributed by atoms with Crippen LogP contribution < -0.4 is 9.80 Å². The Bertz CT molecular complexity index is 3120. The maximum atomic E-state index is 2.53. The second-order valence-electron chi connectivity index (χ2n) is 20.4. The predicted molar refractivity (Wildman–Crippen MR) is 280 cm³/mol. The van der Waals surface area contributed by atoms with Crippen LogP contribution in [0.25, 0.3) is 27.5 Å². The van der Waals surface area contributed by atoms with Crippen LogP contribution in [0.2, 0.25) is 0 Å². The van der Waals surface area contributed by atoms with Crippen LogP contribution in [0, 0.1) is 23.7 Å². The number of rotatable bonds is 10. The van der Waals surface area contributed by atoms with Gasteiger partial charge in [-0.25, -0.2) is 0 Å². The quantitative estimate of drug-likeness (QED) is 0.136. The zero-order valence-corrected chi connectivity index (χ0v) is 38.4. The fourth-order valence-electron chi connectivity index (χ4n) is 14.2. The zero-order chi connectivity index (χ0) is 44.3. The van der Waals surface area contributed by atoms with Crippen LogP contribution in [0.15, 0.2) is 206 Å². The van der Waals surface area contributed by atoms with Crippen molar-refractivity contribution in [3.05, 3.63) is 223 Å². The Morgan fingerprint density at radius 3 is 1.46 bits per heavy atom. The molecule has 0 atom stereocenters. The van der Waals surface area contributed by atoms with E-state index >= 15 is 0 Å². The molecule has 0 amide bonds. The van der Waals surface area contributed by atoms with E-state index in [2.05, 4.69) is 221 Å². The van der Waals surface area contributed by atoms with E-state index in [0.29, 0.717) is 17.8 Å². The second-order valence-corrected chi connectivity index (χ2v) is 20.4. The molecule has 5 fully saturated rings. The van der Waals surface area contributed by atoms with E-state index in [0.717, 1.165) is 17.5 Å². The van der Waals surface area contributed by atoms with Crippen LogP contribution in [0.5, 0.6) is 0 Å². The first-order valence-electron chi connectivity index (χ1n) is 25.3. The molecule has 0 N–H and O–H groups in total. The second kappa shape index (κ2) is 16.8. The molecule has 0 aliphatic heterocycles. The van der Waals surface area contributed by atoms with E-state index in [1.807, 2.05) is 0 Å². The summed E-state index contributed by atoms with van der Waals surface area (Å²) in [6.45, 7) is 0. The van der Waals surface area contributed by atoms with Crippen LogP contribution in [-0.4, -0.2) is 4.57 Å². The summed E-state index contributed by atoms with van der Waals surface area (Å²) < 4.78 is 2.46. The highest BCUT2D eigenvalue weighted by Crippen LogP contribution is 2.65. The molecule has 9 aromatic rings. The van der Waals surface area contributed by atoms with E-state index < -0.39 is 0 Å². The first-order valence-corrected chi connectivity index (χ1v) is 25.3. The first-order chi connectivity index (χ1) is 33.2. The molecule has 1 aromatic heterocycles. The lowest BCUT2D eigenvalue weighted by molar-refractivity contribution is -0.0418. The van der Waals surface area contributed by atoms with Gasteiger partial charge in [0.25, 0.3) is 0 Å². The van der Waals surface area contributed by atoms with Crippen molar-refractivity contribution in [3.63, 3.8) is 0 Å². The van der Waals surface area contributed by atoms with Gasteiger partial charge in [-0.05, 0) is 176 Å². The fraction of sp³-hybridized carbons (Fsp3) is 0.250. The molecular weight excluding hydrogens is 811 g/mol. The molecule has 5 aliphatic rings. The number of benzene rings is 8. The van der Waals surface area contributed by atoms with Gasteiger partial charge in [0.15, 0.2) is 0 Å². The molecule has 8 aromatic carbocycles. The molecule has 3 nitrogen and oxygen atoms in total. The van der Waals surface area contributed by atoms with E-state index in [1.165, 1.54) is 137 Å². The standard InChI is InChI=1S/C64H59N3/c1-5-16-47(17-6-1)48-28-34-56(35-29-48)65(53-18-7-2-8-19-53)57-36-30-49(31-37-57)64(51-41-45-40-46(43-51)44-52(64)42-45)50-32-38-58(39-33-50)66(54-20-9-3-10-21-54)62-27-15-25-60-59-24-13-14-26-61(59)67(63(60)62)55-22-11-4-12-23-55/h2-4,7-15,18-39,45-47,51-52H,1,5-6,16-17,40-44H2. The minimum absolute atomic E-state index is 0.0268. The van der Waals surface area contributed by atoms with Crippen LogP contribution in [-0.2, 0) is 5.41 Å². The van der Waals surface area contributed by atoms with Gasteiger partial charge in [-0.3, -0.25) is 0 Å². The number of fused-ring (bicyclic) bond motifs is 3. The van der Waals surface area contributed by atoms with Gasteiger partial charge >= 0.3 is 0 Å². The maximum absolute atomic E-state index is 2.53. The molecule has 3 heteroatoms. The summed E-state index contributed by atoms with van der Waals surface area (Å²) in [5.41, 5.74) is 15.2. The molecular formula is C64H59N3. The SMILES string of the molecule is c1ccc(N(c2ccc(C3CCCCC3)cc2)c2ccc(C3(c4ccc(N(c5ccccc5)c5cccc6c7ccccc7n(-c7ccccc7)c56)cc4)C4CC5CC(C4)CC3C5)cc2)cc1. The molecule has 14 rings (SSSR count). The number of aromatic nitrogens is 1. The highest BCUT2D eigenvalue weighted by Gasteiger charge is 2.58. The maximum Gasteiger partial charge on any atom is 0.0782 e. The van der Waals surface area contributed by atoms with Gasteiger partial charge in [-0.2, -0.15) is 0 Å². The van der Waals surface area contributed by atoms with E-state index in [-0.39, 0.29) is 5.41 Å². The third-order valence-corrected chi connectivity index (χ3v) is 16.8. The summed E-state index contributed by atoms with van der Waals surface area (Å²) in [6.07, 6.45) is 13.5. The Morgan fingerprint density at radius 2 is 0.866 bits per heavy atom. The third kappa shape index (κ3) is 6.84. The smallest absolute Gasteiger partial charge is 0.0782 e. The molecule has 67 heavy (non-hydrogen) atoms. The van der Waals surface area contributed by atoms with Crippen molar-refractivity contribution < 1.29 is 0 Å². The Hall–Kier alpha value is -6.84. The van der Waals surface area contributed by atoms with E-state index in [1.54, 1.807) is 0 Å². The average Bonchev–Trinajstić information content (AvgIpc) is 3.74. The van der Waals surface area contributed by atoms with Crippen LogP contribution >= 0.6 is 0 Å². The van der Waals surface area contributed by atoms with Crippen molar-refractivity contribution in [2.24, 2.45) is 23.7 Å². The molecule has 4 bridgehead atoms. The van der Waals surface area contributed by atoms with Crippen molar-refractivity contribution in [3.8, 4) is 5.69 Å². The number of hydrogen-bond donors (Lipinski definition) is 0. The third-order valence-electron chi connectivity index (χ3n) is 16.8. The Balaban J connectivity index is 0.920. The normalized spacial score (nSPS) is 22.3. The average molecular weight is 870 g/mol. The Kier molecular flexibility index (Phi) is 10.1. The molecule has 5 saturated carbocycles. The van der Waals surface area contributed by atoms with Gasteiger partial charge in [0.2, 0.25) is 0 Å². The van der Waals surface area contributed by atoms with Gasteiger partial charge < -0.3 is 14.4 Å². The van der Waals surface area contributed by atoms with Crippen LogP contribution in [0.1, 0.15) is 86.8 Å². The van der Waals surface area contributed by atoms with Gasteiger partial charge in [-0.15, -0.1) is 0 Å². The van der Waals surface area contributed by atoms with Crippen molar-refractivity contribution in [2.45, 2.75) is 75.5 Å². The summed E-state index contributed by atoms with van der Waals surface area (Å²) in [5, 5.41) is 2.52. The van der Waals surface area contributed by atoms with Gasteiger partial charge in [-0.1, -0.05) is 141 Å². The molecule has 5 aliphatic carbocycles. The fourth-order valence-corrected chi connectivity index (χ4v) is 14.2. The summed E-state index contributed by atoms with van der Waals surface area (Å²) in [4.78, 5) is 4.95. The summed E-state index contributed by atoms with van der Waals surface area (Å²) in [5.74, 6) is 3.70. The highest BCUT2D eigenvalue weighted by molar-refractivity contribution is 6.14. The van der Waals surface area contributed by atoms with Crippen molar-refractivity contribution in [1.29, 1.82) is 0 Å². The van der Waals surface area contributed by atoms with E-state index in [4.69, 9.17) is 0 Å². The molecule has 1 heterocycles. The monoisotopic (exact) mass is 869 g/mol. The first kappa shape index (κ1) is 40.4. The minimum Gasteiger partial charge on any atom is -0.311 e. The zero-order valence-electron chi connectivity index (χ0n) is 38.4.